The van der Waals surface area contributed by atoms with Crippen molar-refractivity contribution in [1.82, 2.24) is 0 Å². The van der Waals surface area contributed by atoms with Crippen LogP contribution < -0.4 is 15.2 Å². The number of methoxy groups -OCH3 is 2. The molecule has 0 aliphatic rings. The molecule has 1 aromatic carbocycles. The molecule has 0 spiro atoms. The molecule has 0 amide bonds. The highest BCUT2D eigenvalue weighted by Gasteiger charge is 2.07. The number of rotatable bonds is 7. The summed E-state index contributed by atoms with van der Waals surface area (Å²) in [6.07, 6.45) is 4.17. The predicted octanol–water partition coefficient (Wildman–Crippen LogP) is 2.76. The predicted molar refractivity (Wildman–Crippen MR) is 70.8 cm³/mol. The van der Waals surface area contributed by atoms with Gasteiger partial charge >= 0.3 is 0 Å². The van der Waals surface area contributed by atoms with Gasteiger partial charge in [-0.2, -0.15) is 0 Å². The van der Waals surface area contributed by atoms with E-state index in [1.54, 1.807) is 14.2 Å². The molecule has 0 saturated carbocycles. The van der Waals surface area contributed by atoms with Gasteiger partial charge in [0, 0.05) is 12.1 Å². The van der Waals surface area contributed by atoms with Crippen molar-refractivity contribution in [2.24, 2.45) is 5.73 Å². The fourth-order valence-electron chi connectivity index (χ4n) is 1.91. The lowest BCUT2D eigenvalue weighted by Crippen LogP contribution is -2.20. The Morgan fingerprint density at radius 3 is 2.53 bits per heavy atom. The van der Waals surface area contributed by atoms with Crippen LogP contribution in [-0.2, 0) is 6.42 Å². The van der Waals surface area contributed by atoms with Crippen molar-refractivity contribution in [3.05, 3.63) is 23.8 Å². The fourth-order valence-corrected chi connectivity index (χ4v) is 1.91. The zero-order valence-electron chi connectivity index (χ0n) is 11.0. The molecule has 2 N–H and O–H groups in total. The molecule has 3 heteroatoms. The summed E-state index contributed by atoms with van der Waals surface area (Å²) < 4.78 is 10.5. The topological polar surface area (TPSA) is 44.5 Å². The Balaban J connectivity index is 2.63. The minimum absolute atomic E-state index is 0.284. The Hall–Kier alpha value is -1.22. The molecular formula is C14H23NO2. The minimum atomic E-state index is 0.284. The number of hydrogen-bond acceptors (Lipinski definition) is 3. The molecule has 0 heterocycles. The van der Waals surface area contributed by atoms with Gasteiger partial charge in [0.1, 0.15) is 11.5 Å². The first kappa shape index (κ1) is 13.8. The van der Waals surface area contributed by atoms with Gasteiger partial charge in [-0.1, -0.05) is 19.4 Å². The van der Waals surface area contributed by atoms with Crippen molar-refractivity contribution in [3.63, 3.8) is 0 Å². The van der Waals surface area contributed by atoms with Gasteiger partial charge in [0.25, 0.3) is 0 Å². The van der Waals surface area contributed by atoms with E-state index in [4.69, 9.17) is 15.2 Å². The molecule has 1 atom stereocenters. The lowest BCUT2D eigenvalue weighted by atomic mass is 10.0. The van der Waals surface area contributed by atoms with E-state index < -0.39 is 0 Å². The molecular weight excluding hydrogens is 214 g/mol. The van der Waals surface area contributed by atoms with Crippen LogP contribution in [0.5, 0.6) is 11.5 Å². The minimum Gasteiger partial charge on any atom is -0.497 e. The zero-order chi connectivity index (χ0) is 12.7. The molecule has 1 rings (SSSR count). The molecule has 96 valence electrons. The van der Waals surface area contributed by atoms with Crippen LogP contribution in [0.2, 0.25) is 0 Å². The lowest BCUT2D eigenvalue weighted by molar-refractivity contribution is 0.390. The average Bonchev–Trinajstić information content (AvgIpc) is 2.36. The number of aryl methyl sites for hydroxylation is 1. The largest absolute Gasteiger partial charge is 0.497 e. The number of hydrogen-bond donors (Lipinski definition) is 1. The molecule has 17 heavy (non-hydrogen) atoms. The van der Waals surface area contributed by atoms with Crippen LogP contribution in [0, 0.1) is 0 Å². The van der Waals surface area contributed by atoms with E-state index in [0.717, 1.165) is 37.2 Å². The summed E-state index contributed by atoms with van der Waals surface area (Å²) >= 11 is 0. The molecule has 0 saturated heterocycles. The van der Waals surface area contributed by atoms with Gasteiger partial charge in [0.2, 0.25) is 0 Å². The third-order valence-corrected chi connectivity index (χ3v) is 2.94. The van der Waals surface area contributed by atoms with Crippen molar-refractivity contribution >= 4 is 0 Å². The van der Waals surface area contributed by atoms with Crippen molar-refractivity contribution in [3.8, 4) is 11.5 Å². The van der Waals surface area contributed by atoms with Crippen LogP contribution in [0.15, 0.2) is 18.2 Å². The Morgan fingerprint density at radius 1 is 1.18 bits per heavy atom. The first-order chi connectivity index (χ1) is 8.21. The third-order valence-electron chi connectivity index (χ3n) is 2.94. The molecule has 3 nitrogen and oxygen atoms in total. The van der Waals surface area contributed by atoms with Gasteiger partial charge in [-0.15, -0.1) is 0 Å². The molecule has 0 fully saturated rings. The second-order valence-corrected chi connectivity index (χ2v) is 4.27. The summed E-state index contributed by atoms with van der Waals surface area (Å²) in [5.74, 6) is 1.71. The highest BCUT2D eigenvalue weighted by Crippen LogP contribution is 2.25. The maximum Gasteiger partial charge on any atom is 0.125 e. The number of nitrogens with two attached hydrogens (primary N) is 1. The number of ether oxygens (including phenoxy) is 2. The van der Waals surface area contributed by atoms with Crippen LogP contribution in [0.4, 0.5) is 0 Å². The highest BCUT2D eigenvalue weighted by molar-refractivity contribution is 5.40. The molecule has 0 radical (unpaired) electrons. The molecule has 0 aliphatic carbocycles. The Labute approximate surface area is 104 Å². The molecule has 0 aliphatic heterocycles. The second-order valence-electron chi connectivity index (χ2n) is 4.27. The SMILES string of the molecule is CCCC(N)CCc1ccc(OC)cc1OC. The summed E-state index contributed by atoms with van der Waals surface area (Å²) in [4.78, 5) is 0. The summed E-state index contributed by atoms with van der Waals surface area (Å²) in [5, 5.41) is 0. The molecule has 1 aromatic rings. The monoisotopic (exact) mass is 237 g/mol. The van der Waals surface area contributed by atoms with Crippen molar-refractivity contribution < 1.29 is 9.47 Å². The van der Waals surface area contributed by atoms with Gasteiger partial charge in [-0.05, 0) is 30.9 Å². The zero-order valence-corrected chi connectivity index (χ0v) is 11.0. The van der Waals surface area contributed by atoms with Crippen LogP contribution >= 0.6 is 0 Å². The summed E-state index contributed by atoms with van der Waals surface area (Å²) in [7, 11) is 3.34. The van der Waals surface area contributed by atoms with Gasteiger partial charge in [-0.3, -0.25) is 0 Å². The first-order valence-corrected chi connectivity index (χ1v) is 6.17. The lowest BCUT2D eigenvalue weighted by Gasteiger charge is -2.13. The second kappa shape index (κ2) is 7.17. The standard InChI is InChI=1S/C14H23NO2/c1-4-5-12(15)8-6-11-7-9-13(16-2)10-14(11)17-3/h7,9-10,12H,4-6,8,15H2,1-3H3. The maximum atomic E-state index is 6.01. The molecule has 0 aromatic heterocycles. The van der Waals surface area contributed by atoms with Crippen molar-refractivity contribution in [1.29, 1.82) is 0 Å². The molecule has 0 bridgehead atoms. The highest BCUT2D eigenvalue weighted by atomic mass is 16.5. The average molecular weight is 237 g/mol. The summed E-state index contributed by atoms with van der Waals surface area (Å²) in [6.45, 7) is 2.16. The van der Waals surface area contributed by atoms with E-state index >= 15 is 0 Å². The van der Waals surface area contributed by atoms with E-state index in [2.05, 4.69) is 13.0 Å². The van der Waals surface area contributed by atoms with E-state index in [-0.39, 0.29) is 6.04 Å². The van der Waals surface area contributed by atoms with Crippen molar-refractivity contribution in [2.75, 3.05) is 14.2 Å². The van der Waals surface area contributed by atoms with Gasteiger partial charge in [0.15, 0.2) is 0 Å². The summed E-state index contributed by atoms with van der Waals surface area (Å²) in [6, 6.07) is 6.21. The Morgan fingerprint density at radius 2 is 1.94 bits per heavy atom. The van der Waals surface area contributed by atoms with Crippen LogP contribution in [0.25, 0.3) is 0 Å². The molecule has 1 unspecified atom stereocenters. The van der Waals surface area contributed by atoms with Gasteiger partial charge < -0.3 is 15.2 Å². The van der Waals surface area contributed by atoms with Crippen LogP contribution in [0.3, 0.4) is 0 Å². The van der Waals surface area contributed by atoms with E-state index in [0.29, 0.717) is 0 Å². The van der Waals surface area contributed by atoms with Crippen LogP contribution in [-0.4, -0.2) is 20.3 Å². The Kier molecular flexibility index (Phi) is 5.84. The Bertz CT molecular complexity index is 339. The van der Waals surface area contributed by atoms with E-state index in [1.165, 1.54) is 5.56 Å². The third kappa shape index (κ3) is 4.27. The first-order valence-electron chi connectivity index (χ1n) is 6.17. The fraction of sp³-hybridized carbons (Fsp3) is 0.571. The smallest absolute Gasteiger partial charge is 0.125 e. The van der Waals surface area contributed by atoms with Crippen molar-refractivity contribution in [2.45, 2.75) is 38.6 Å². The van der Waals surface area contributed by atoms with Crippen LogP contribution in [0.1, 0.15) is 31.7 Å². The maximum absolute atomic E-state index is 6.01. The van der Waals surface area contributed by atoms with E-state index in [1.807, 2.05) is 12.1 Å². The quantitative estimate of drug-likeness (QED) is 0.793. The van der Waals surface area contributed by atoms with E-state index in [9.17, 15) is 0 Å². The normalized spacial score (nSPS) is 12.2. The van der Waals surface area contributed by atoms with Gasteiger partial charge in [0.05, 0.1) is 14.2 Å². The number of benzene rings is 1. The summed E-state index contributed by atoms with van der Waals surface area (Å²) in [5.41, 5.74) is 7.21. The van der Waals surface area contributed by atoms with Gasteiger partial charge in [-0.25, -0.2) is 0 Å².